The van der Waals surface area contributed by atoms with Gasteiger partial charge in [-0.15, -0.1) is 11.3 Å². The molecule has 0 aliphatic heterocycles. The van der Waals surface area contributed by atoms with Gasteiger partial charge in [-0.3, -0.25) is 14.9 Å². The number of carbonyl (C=O) groups excluding carboxylic acids is 2. The van der Waals surface area contributed by atoms with E-state index in [2.05, 4.69) is 5.32 Å². The topological polar surface area (TPSA) is 108 Å². The Morgan fingerprint density at radius 2 is 2.04 bits per heavy atom. The van der Waals surface area contributed by atoms with Crippen molar-refractivity contribution in [1.29, 1.82) is 0 Å². The molecule has 2 aromatic rings. The number of nitrogens with zero attached hydrogens (tertiary/aromatic N) is 1. The van der Waals surface area contributed by atoms with Gasteiger partial charge in [0.25, 0.3) is 11.6 Å². The molecule has 0 saturated carbocycles. The number of rotatable bonds is 7. The van der Waals surface area contributed by atoms with Crippen molar-refractivity contribution in [3.63, 3.8) is 0 Å². The summed E-state index contributed by atoms with van der Waals surface area (Å²) >= 11 is 1.33. The first kappa shape index (κ1) is 20.4. The number of carbonyl (C=O) groups is 2. The Morgan fingerprint density at radius 1 is 1.33 bits per heavy atom. The fourth-order valence-electron chi connectivity index (χ4n) is 2.37. The molecule has 0 unspecified atom stereocenters. The molecule has 0 saturated heterocycles. The smallest absolute Gasteiger partial charge is 0.349 e. The lowest BCUT2D eigenvalue weighted by atomic mass is 10.2. The van der Waals surface area contributed by atoms with Crippen LogP contribution in [0.3, 0.4) is 0 Å². The van der Waals surface area contributed by atoms with Crippen LogP contribution in [0.5, 0.6) is 5.75 Å². The quantitative estimate of drug-likeness (QED) is 0.437. The number of benzene rings is 1. The molecule has 1 aromatic carbocycles. The zero-order valence-corrected chi connectivity index (χ0v) is 16.2. The number of ether oxygens (including phenoxy) is 2. The van der Waals surface area contributed by atoms with E-state index < -0.39 is 22.9 Å². The van der Waals surface area contributed by atoms with Gasteiger partial charge in [-0.2, -0.15) is 0 Å². The zero-order chi connectivity index (χ0) is 20.1. The number of non-ortho nitro benzene ring substituents is 1. The van der Waals surface area contributed by atoms with Gasteiger partial charge in [-0.25, -0.2) is 4.79 Å². The average molecular weight is 392 g/mol. The van der Waals surface area contributed by atoms with Crippen LogP contribution in [0.4, 0.5) is 11.4 Å². The fraction of sp³-hybridized carbons (Fsp3) is 0.333. The van der Waals surface area contributed by atoms with E-state index in [0.717, 1.165) is 16.9 Å². The molecule has 1 amide bonds. The van der Waals surface area contributed by atoms with Gasteiger partial charge >= 0.3 is 5.97 Å². The van der Waals surface area contributed by atoms with Gasteiger partial charge in [0.1, 0.15) is 10.6 Å². The number of aryl methyl sites for hydroxylation is 2. The maximum absolute atomic E-state index is 12.3. The summed E-state index contributed by atoms with van der Waals surface area (Å²) in [5, 5.41) is 13.4. The van der Waals surface area contributed by atoms with Gasteiger partial charge in [0.2, 0.25) is 0 Å². The third kappa shape index (κ3) is 4.82. The van der Waals surface area contributed by atoms with Crippen LogP contribution in [0.2, 0.25) is 0 Å². The van der Waals surface area contributed by atoms with E-state index in [-0.39, 0.29) is 17.1 Å². The minimum atomic E-state index is -1.05. The second kappa shape index (κ2) is 8.63. The second-order valence-electron chi connectivity index (χ2n) is 5.72. The minimum Gasteiger partial charge on any atom is -0.494 e. The molecule has 8 nitrogen and oxygen atoms in total. The lowest BCUT2D eigenvalue weighted by Gasteiger charge is -2.14. The summed E-state index contributed by atoms with van der Waals surface area (Å²) in [6.07, 6.45) is -0.240. The van der Waals surface area contributed by atoms with Crippen molar-refractivity contribution in [2.45, 2.75) is 33.3 Å². The van der Waals surface area contributed by atoms with Gasteiger partial charge in [-0.1, -0.05) is 6.92 Å². The van der Waals surface area contributed by atoms with Crippen LogP contribution in [0.25, 0.3) is 0 Å². The second-order valence-corrected chi connectivity index (χ2v) is 6.98. The van der Waals surface area contributed by atoms with Crippen LogP contribution in [0, 0.1) is 17.0 Å². The van der Waals surface area contributed by atoms with E-state index in [9.17, 15) is 19.7 Å². The maximum Gasteiger partial charge on any atom is 0.349 e. The molecule has 0 radical (unpaired) electrons. The van der Waals surface area contributed by atoms with Gasteiger partial charge in [0.15, 0.2) is 6.10 Å². The summed E-state index contributed by atoms with van der Waals surface area (Å²) in [7, 11) is 1.34. The highest BCUT2D eigenvalue weighted by Crippen LogP contribution is 2.29. The third-order valence-electron chi connectivity index (χ3n) is 3.91. The number of nitro benzene ring substituents is 1. The van der Waals surface area contributed by atoms with Crippen LogP contribution in [-0.2, 0) is 16.0 Å². The van der Waals surface area contributed by atoms with E-state index >= 15 is 0 Å². The van der Waals surface area contributed by atoms with Gasteiger partial charge in [-0.05, 0) is 38.0 Å². The van der Waals surface area contributed by atoms with Crippen molar-refractivity contribution in [2.24, 2.45) is 0 Å². The molecule has 0 aliphatic carbocycles. The molecule has 1 N–H and O–H groups in total. The molecule has 9 heteroatoms. The van der Waals surface area contributed by atoms with Crippen molar-refractivity contribution in [3.8, 4) is 5.75 Å². The Balaban J connectivity index is 2.07. The van der Waals surface area contributed by atoms with E-state index in [0.29, 0.717) is 4.88 Å². The Hall–Kier alpha value is -2.94. The largest absolute Gasteiger partial charge is 0.494 e. The highest BCUT2D eigenvalue weighted by molar-refractivity contribution is 7.14. The van der Waals surface area contributed by atoms with Crippen LogP contribution < -0.4 is 10.1 Å². The molecule has 1 aromatic heterocycles. The lowest BCUT2D eigenvalue weighted by Crippen LogP contribution is -2.30. The molecule has 144 valence electrons. The normalized spacial score (nSPS) is 11.6. The number of nitro groups is 1. The summed E-state index contributed by atoms with van der Waals surface area (Å²) in [5.41, 5.74) is 1.15. The number of thiophene rings is 1. The number of nitrogens with one attached hydrogen (secondary N) is 1. The van der Waals surface area contributed by atoms with Crippen LogP contribution >= 0.6 is 11.3 Å². The van der Waals surface area contributed by atoms with Gasteiger partial charge in [0, 0.05) is 10.9 Å². The first-order valence-corrected chi connectivity index (χ1v) is 9.02. The SMILES string of the molecule is CCc1cc(C(=O)O[C@@H](C)C(=O)Nc2ccc([N+](=O)[O-])cc2OC)sc1C. The molecule has 1 heterocycles. The molecule has 0 aliphatic rings. The van der Waals surface area contributed by atoms with E-state index in [4.69, 9.17) is 9.47 Å². The third-order valence-corrected chi connectivity index (χ3v) is 4.98. The van der Waals surface area contributed by atoms with E-state index in [1.165, 1.54) is 43.6 Å². The number of hydrogen-bond donors (Lipinski definition) is 1. The molecule has 27 heavy (non-hydrogen) atoms. The number of methoxy groups -OCH3 is 1. The average Bonchev–Trinajstić information content (AvgIpc) is 3.02. The Morgan fingerprint density at radius 3 is 2.59 bits per heavy atom. The lowest BCUT2D eigenvalue weighted by molar-refractivity contribution is -0.384. The first-order valence-electron chi connectivity index (χ1n) is 8.20. The monoisotopic (exact) mass is 392 g/mol. The first-order chi connectivity index (χ1) is 12.8. The van der Waals surface area contributed by atoms with Crippen molar-refractivity contribution in [2.75, 3.05) is 12.4 Å². The molecular weight excluding hydrogens is 372 g/mol. The number of amides is 1. The van der Waals surface area contributed by atoms with Crippen LogP contribution in [0.15, 0.2) is 24.3 Å². The predicted molar refractivity (Wildman–Crippen MR) is 102 cm³/mol. The molecule has 0 bridgehead atoms. The predicted octanol–water partition coefficient (Wildman–Crippen LogP) is 3.72. The fourth-order valence-corrected chi connectivity index (χ4v) is 3.37. The van der Waals surface area contributed by atoms with E-state index in [1.807, 2.05) is 13.8 Å². The van der Waals surface area contributed by atoms with Crippen molar-refractivity contribution in [1.82, 2.24) is 0 Å². The molecule has 0 fully saturated rings. The zero-order valence-electron chi connectivity index (χ0n) is 15.4. The van der Waals surface area contributed by atoms with Crippen molar-refractivity contribution < 1.29 is 24.0 Å². The summed E-state index contributed by atoms with van der Waals surface area (Å²) in [4.78, 5) is 36.3. The van der Waals surface area contributed by atoms with Crippen molar-refractivity contribution >= 4 is 34.6 Å². The van der Waals surface area contributed by atoms with Crippen LogP contribution in [-0.4, -0.2) is 30.0 Å². The highest BCUT2D eigenvalue weighted by Gasteiger charge is 2.22. The van der Waals surface area contributed by atoms with Crippen LogP contribution in [0.1, 0.15) is 34.0 Å². The minimum absolute atomic E-state index is 0.137. The summed E-state index contributed by atoms with van der Waals surface area (Å²) in [5.74, 6) is -1.00. The molecule has 2 rings (SSSR count). The number of anilines is 1. The van der Waals surface area contributed by atoms with Crippen molar-refractivity contribution in [3.05, 3.63) is 49.7 Å². The Bertz CT molecular complexity index is 877. The summed E-state index contributed by atoms with van der Waals surface area (Å²) in [6.45, 7) is 5.38. The maximum atomic E-state index is 12.3. The Labute approximate surface area is 160 Å². The molecule has 1 atom stereocenters. The van der Waals surface area contributed by atoms with Gasteiger partial charge < -0.3 is 14.8 Å². The Kier molecular flexibility index (Phi) is 6.51. The number of hydrogen-bond acceptors (Lipinski definition) is 7. The number of esters is 1. The molecule has 0 spiro atoms. The highest BCUT2D eigenvalue weighted by atomic mass is 32.1. The standard InChI is InChI=1S/C18H20N2O6S/c1-5-12-8-16(27-11(12)3)18(22)26-10(2)17(21)19-14-7-6-13(20(23)24)9-15(14)25-4/h6-10H,5H2,1-4H3,(H,19,21)/t10-/m0/s1. The molecular formula is C18H20N2O6S. The summed E-state index contributed by atoms with van der Waals surface area (Å²) in [6, 6.07) is 5.58. The summed E-state index contributed by atoms with van der Waals surface area (Å²) < 4.78 is 10.3. The van der Waals surface area contributed by atoms with Gasteiger partial charge in [0.05, 0.1) is 23.8 Å². The van der Waals surface area contributed by atoms with E-state index in [1.54, 1.807) is 6.07 Å².